The number of nitrogens with one attached hydrogen (secondary N) is 1. The monoisotopic (exact) mass is 359 g/mol. The van der Waals surface area contributed by atoms with Crippen molar-refractivity contribution in [1.29, 1.82) is 0 Å². The summed E-state index contributed by atoms with van der Waals surface area (Å²) < 4.78 is 0. The van der Waals surface area contributed by atoms with Gasteiger partial charge in [0.05, 0.1) is 12.1 Å². The normalized spacial score (nSPS) is 22.3. The zero-order valence-corrected chi connectivity index (χ0v) is 15.7. The van der Waals surface area contributed by atoms with Gasteiger partial charge in [0.15, 0.2) is 0 Å². The second-order valence-corrected chi connectivity index (χ2v) is 7.47. The third-order valence-electron chi connectivity index (χ3n) is 5.55. The molecule has 0 bridgehead atoms. The van der Waals surface area contributed by atoms with Crippen molar-refractivity contribution < 1.29 is 14.7 Å². The first-order valence-corrected chi connectivity index (χ1v) is 9.60. The molecule has 0 unspecified atom stereocenters. The fourth-order valence-electron chi connectivity index (χ4n) is 4.01. The Bertz CT molecular complexity index is 664. The van der Waals surface area contributed by atoms with Crippen LogP contribution >= 0.6 is 0 Å². The van der Waals surface area contributed by atoms with Gasteiger partial charge >= 0.3 is 5.97 Å². The number of likely N-dealkylation sites (N-methyl/N-ethyl adjacent to an activating group) is 1. The van der Waals surface area contributed by atoms with Crippen LogP contribution in [0, 0.1) is 6.92 Å². The van der Waals surface area contributed by atoms with Crippen molar-refractivity contribution >= 4 is 17.6 Å². The largest absolute Gasteiger partial charge is 0.480 e. The average Bonchev–Trinajstić information content (AvgIpc) is 3.09. The summed E-state index contributed by atoms with van der Waals surface area (Å²) in [5.41, 5.74) is 2.87. The van der Waals surface area contributed by atoms with E-state index < -0.39 is 5.97 Å². The van der Waals surface area contributed by atoms with Crippen LogP contribution in [0.4, 0.5) is 5.69 Å². The van der Waals surface area contributed by atoms with E-state index in [2.05, 4.69) is 22.3 Å². The molecule has 6 nitrogen and oxygen atoms in total. The molecule has 6 heteroatoms. The van der Waals surface area contributed by atoms with Gasteiger partial charge in [0.1, 0.15) is 0 Å². The number of rotatable bonds is 7. The molecule has 2 N–H and O–H groups in total. The number of anilines is 1. The highest BCUT2D eigenvalue weighted by Gasteiger charge is 2.35. The highest BCUT2D eigenvalue weighted by molar-refractivity contribution is 6.00. The predicted molar refractivity (Wildman–Crippen MR) is 102 cm³/mol. The molecule has 0 radical (unpaired) electrons. The maximum Gasteiger partial charge on any atom is 0.317 e. The number of carboxylic acid groups (broad SMARTS) is 1. The summed E-state index contributed by atoms with van der Waals surface area (Å²) in [6, 6.07) is 6.47. The van der Waals surface area contributed by atoms with Crippen molar-refractivity contribution in [3.05, 3.63) is 29.3 Å². The number of carboxylic acids is 1. The summed E-state index contributed by atoms with van der Waals surface area (Å²) in [4.78, 5) is 28.1. The average molecular weight is 359 g/mol. The van der Waals surface area contributed by atoms with Crippen LogP contribution in [0.3, 0.4) is 0 Å². The minimum atomic E-state index is -0.797. The van der Waals surface area contributed by atoms with Crippen LogP contribution in [-0.4, -0.2) is 60.1 Å². The summed E-state index contributed by atoms with van der Waals surface area (Å²) in [6.45, 7) is 6.79. The lowest BCUT2D eigenvalue weighted by molar-refractivity contribution is -0.139. The Morgan fingerprint density at radius 1 is 1.27 bits per heavy atom. The standard InChI is InChI=1S/C20H29N3O3/c1-3-22(13-19(24)25)16-11-15(12-16)21-20(26)17-10-14(2)6-7-18(17)23-8-4-5-9-23/h6-7,10,15-16H,3-5,8-9,11-13H2,1-2H3,(H,21,26)(H,24,25). The first kappa shape index (κ1) is 18.7. The van der Waals surface area contributed by atoms with Crippen LogP contribution in [0.15, 0.2) is 18.2 Å². The van der Waals surface area contributed by atoms with Crippen molar-refractivity contribution in [2.75, 3.05) is 31.1 Å². The number of benzene rings is 1. The van der Waals surface area contributed by atoms with Gasteiger partial charge in [-0.15, -0.1) is 0 Å². The summed E-state index contributed by atoms with van der Waals surface area (Å²) in [6.07, 6.45) is 3.99. The Labute approximate surface area is 155 Å². The molecule has 2 aliphatic rings. The number of hydrogen-bond acceptors (Lipinski definition) is 4. The van der Waals surface area contributed by atoms with Crippen molar-refractivity contribution in [2.45, 2.75) is 51.6 Å². The van der Waals surface area contributed by atoms with Crippen LogP contribution in [0.25, 0.3) is 0 Å². The minimum Gasteiger partial charge on any atom is -0.480 e. The van der Waals surface area contributed by atoms with Gasteiger partial charge in [-0.2, -0.15) is 0 Å². The van der Waals surface area contributed by atoms with Gasteiger partial charge in [-0.05, 0) is 51.3 Å². The Morgan fingerprint density at radius 2 is 1.96 bits per heavy atom. The molecule has 1 aromatic carbocycles. The molecule has 3 rings (SSSR count). The molecule has 1 saturated carbocycles. The Balaban J connectivity index is 1.61. The summed E-state index contributed by atoms with van der Waals surface area (Å²) in [5.74, 6) is -0.810. The lowest BCUT2D eigenvalue weighted by atomic mass is 9.85. The van der Waals surface area contributed by atoms with E-state index in [1.54, 1.807) is 0 Å². The molecule has 1 aliphatic heterocycles. The van der Waals surface area contributed by atoms with Gasteiger partial charge in [0, 0.05) is 30.9 Å². The fourth-order valence-corrected chi connectivity index (χ4v) is 4.01. The molecule has 0 aromatic heterocycles. The molecule has 26 heavy (non-hydrogen) atoms. The van der Waals surface area contributed by atoms with E-state index in [0.717, 1.165) is 42.7 Å². The number of aryl methyl sites for hydroxylation is 1. The van der Waals surface area contributed by atoms with Gasteiger partial charge in [-0.1, -0.05) is 18.6 Å². The number of carbonyl (C=O) groups is 2. The quantitative estimate of drug-likeness (QED) is 0.781. The summed E-state index contributed by atoms with van der Waals surface area (Å²) >= 11 is 0. The van der Waals surface area contributed by atoms with Gasteiger partial charge in [-0.3, -0.25) is 14.5 Å². The van der Waals surface area contributed by atoms with Gasteiger partial charge in [-0.25, -0.2) is 0 Å². The van der Waals surface area contributed by atoms with Crippen molar-refractivity contribution in [2.24, 2.45) is 0 Å². The first-order valence-electron chi connectivity index (χ1n) is 9.60. The van der Waals surface area contributed by atoms with E-state index in [-0.39, 0.29) is 24.5 Å². The molecule has 0 atom stereocenters. The number of amides is 1. The molecule has 1 saturated heterocycles. The summed E-state index contributed by atoms with van der Waals surface area (Å²) in [5, 5.41) is 12.1. The molecular formula is C20H29N3O3. The number of hydrogen-bond donors (Lipinski definition) is 2. The second kappa shape index (κ2) is 8.08. The number of aliphatic carboxylic acids is 1. The maximum atomic E-state index is 12.9. The van der Waals surface area contributed by atoms with Crippen LogP contribution in [-0.2, 0) is 4.79 Å². The molecular weight excluding hydrogens is 330 g/mol. The smallest absolute Gasteiger partial charge is 0.317 e. The van der Waals surface area contributed by atoms with E-state index in [4.69, 9.17) is 5.11 Å². The van der Waals surface area contributed by atoms with E-state index in [1.807, 2.05) is 24.8 Å². The van der Waals surface area contributed by atoms with Gasteiger partial charge in [0.25, 0.3) is 5.91 Å². The zero-order chi connectivity index (χ0) is 18.7. The molecule has 142 valence electrons. The molecule has 1 aromatic rings. The van der Waals surface area contributed by atoms with Crippen LogP contribution in [0.1, 0.15) is 48.5 Å². The van der Waals surface area contributed by atoms with Crippen LogP contribution < -0.4 is 10.2 Å². The highest BCUT2D eigenvalue weighted by atomic mass is 16.4. The van der Waals surface area contributed by atoms with E-state index in [0.29, 0.717) is 6.54 Å². The minimum absolute atomic E-state index is 0.0136. The second-order valence-electron chi connectivity index (χ2n) is 7.47. The SMILES string of the molecule is CCN(CC(=O)O)C1CC(NC(=O)c2cc(C)ccc2N2CCCC2)C1. The lowest BCUT2D eigenvalue weighted by Crippen LogP contribution is -2.54. The Morgan fingerprint density at radius 3 is 2.58 bits per heavy atom. The van der Waals surface area contributed by atoms with Crippen molar-refractivity contribution in [3.63, 3.8) is 0 Å². The fraction of sp³-hybridized carbons (Fsp3) is 0.600. The maximum absolute atomic E-state index is 12.9. The zero-order valence-electron chi connectivity index (χ0n) is 15.7. The predicted octanol–water partition coefficient (Wildman–Crippen LogP) is 2.26. The molecule has 1 amide bonds. The van der Waals surface area contributed by atoms with Gasteiger partial charge < -0.3 is 15.3 Å². The van der Waals surface area contributed by atoms with E-state index in [9.17, 15) is 9.59 Å². The van der Waals surface area contributed by atoms with Crippen molar-refractivity contribution in [3.8, 4) is 0 Å². The van der Waals surface area contributed by atoms with E-state index >= 15 is 0 Å². The van der Waals surface area contributed by atoms with Crippen LogP contribution in [0.5, 0.6) is 0 Å². The number of nitrogens with zero attached hydrogens (tertiary/aromatic N) is 2. The van der Waals surface area contributed by atoms with Crippen molar-refractivity contribution in [1.82, 2.24) is 10.2 Å². The summed E-state index contributed by atoms with van der Waals surface area (Å²) in [7, 11) is 0. The van der Waals surface area contributed by atoms with Gasteiger partial charge in [0.2, 0.25) is 0 Å². The third kappa shape index (κ3) is 4.18. The highest BCUT2D eigenvalue weighted by Crippen LogP contribution is 2.29. The third-order valence-corrected chi connectivity index (χ3v) is 5.55. The lowest BCUT2D eigenvalue weighted by Gasteiger charge is -2.42. The molecule has 1 aliphatic carbocycles. The topological polar surface area (TPSA) is 72.9 Å². The molecule has 0 spiro atoms. The number of carbonyl (C=O) groups excluding carboxylic acids is 1. The molecule has 1 heterocycles. The van der Waals surface area contributed by atoms with Crippen LogP contribution in [0.2, 0.25) is 0 Å². The Hall–Kier alpha value is -2.08. The first-order chi connectivity index (χ1) is 12.5. The molecule has 2 fully saturated rings. The Kier molecular flexibility index (Phi) is 5.81. The van der Waals surface area contributed by atoms with E-state index in [1.165, 1.54) is 12.8 Å².